The van der Waals surface area contributed by atoms with Crippen molar-refractivity contribution in [3.63, 3.8) is 0 Å². The van der Waals surface area contributed by atoms with Crippen LogP contribution in [0.25, 0.3) is 0 Å². The molecule has 0 aromatic carbocycles. The summed E-state index contributed by atoms with van der Waals surface area (Å²) >= 11 is 28.8. The summed E-state index contributed by atoms with van der Waals surface area (Å²) in [5.74, 6) is 0. The third-order valence-corrected chi connectivity index (χ3v) is 1.50. The molecule has 0 nitrogen and oxygen atoms in total. The van der Waals surface area contributed by atoms with E-state index in [-0.39, 0.29) is 5.34 Å². The second-order valence-corrected chi connectivity index (χ2v) is 6.89. The molecule has 0 spiro atoms. The summed E-state index contributed by atoms with van der Waals surface area (Å²) in [7, 11) is 0. The summed E-state index contributed by atoms with van der Waals surface area (Å²) in [5, 5.41) is 0.194. The summed E-state index contributed by atoms with van der Waals surface area (Å²) < 4.78 is -1.61. The van der Waals surface area contributed by atoms with Gasteiger partial charge < -0.3 is 0 Å². The Kier molecular flexibility index (Phi) is 16.6. The molecule has 6 heteroatoms. The second kappa shape index (κ2) is 12.8. The van der Waals surface area contributed by atoms with E-state index in [1.165, 1.54) is 38.5 Å². The Balaban J connectivity index is 0. The van der Waals surface area contributed by atoms with Gasteiger partial charge in [0.05, 0.1) is 5.34 Å². The van der Waals surface area contributed by atoms with Gasteiger partial charge in [0, 0.05) is 0 Å². The quantitative estimate of drug-likeness (QED) is 0.458. The smallest absolute Gasteiger partial charge is 0.109 e. The van der Waals surface area contributed by atoms with Gasteiger partial charge in [-0.3, -0.25) is 0 Å². The van der Waals surface area contributed by atoms with Crippen LogP contribution in [0.3, 0.4) is 0 Å². The third kappa shape index (κ3) is 37.2. The molecule has 1 saturated carbocycles. The molecule has 1 aliphatic carbocycles. The van der Waals surface area contributed by atoms with Crippen molar-refractivity contribution < 1.29 is 0 Å². The highest BCUT2D eigenvalue weighted by molar-refractivity contribution is 6.83. The van der Waals surface area contributed by atoms with Crippen LogP contribution in [-0.2, 0) is 0 Å². The zero-order valence-electron chi connectivity index (χ0n) is 7.72. The monoisotopic (exact) mass is 320 g/mol. The molecule has 0 saturated heterocycles. The maximum atomic E-state index is 4.83. The number of rotatable bonds is 0. The molecule has 0 radical (unpaired) electrons. The van der Waals surface area contributed by atoms with Crippen molar-refractivity contribution in [1.82, 2.24) is 0 Å². The molecule has 1 fully saturated rings. The van der Waals surface area contributed by atoms with Gasteiger partial charge >= 0.3 is 0 Å². The number of alkyl halides is 6. The van der Waals surface area contributed by atoms with Gasteiger partial charge in [0.2, 0.25) is 0 Å². The maximum Gasteiger partial charge on any atom is 0.266 e. The summed E-state index contributed by atoms with van der Waals surface area (Å²) in [6.07, 6.45) is 9.00. The first-order chi connectivity index (χ1) is 6.41. The first kappa shape index (κ1) is 18.1. The van der Waals surface area contributed by atoms with E-state index in [0.29, 0.717) is 0 Å². The van der Waals surface area contributed by atoms with Gasteiger partial charge in [-0.15, -0.1) is 23.2 Å². The molecular formula is C8H14Cl6. The summed E-state index contributed by atoms with van der Waals surface area (Å²) in [6, 6.07) is 0. The predicted octanol–water partition coefficient (Wildman–Crippen LogP) is 6.32. The lowest BCUT2D eigenvalue weighted by Crippen LogP contribution is -1.85. The van der Waals surface area contributed by atoms with Crippen LogP contribution in [0.2, 0.25) is 0 Å². The molecule has 0 aromatic rings. The van der Waals surface area contributed by atoms with E-state index in [1.807, 2.05) is 0 Å². The van der Waals surface area contributed by atoms with E-state index in [4.69, 9.17) is 69.6 Å². The molecule has 0 N–H and O–H groups in total. The SMILES string of the molecule is C1CCCCC1.ClC(Cl)(Cl)Cl.ClCCl. The van der Waals surface area contributed by atoms with E-state index in [9.17, 15) is 0 Å². The topological polar surface area (TPSA) is 0 Å². The van der Waals surface area contributed by atoms with Crippen molar-refractivity contribution >= 4 is 69.6 Å². The Morgan fingerprint density at radius 2 is 0.714 bits per heavy atom. The minimum absolute atomic E-state index is 0.194. The van der Waals surface area contributed by atoms with Crippen LogP contribution < -0.4 is 0 Å². The summed E-state index contributed by atoms with van der Waals surface area (Å²) in [4.78, 5) is 0. The van der Waals surface area contributed by atoms with Crippen molar-refractivity contribution in [2.45, 2.75) is 41.8 Å². The molecule has 0 unspecified atom stereocenters. The molecule has 88 valence electrons. The average molecular weight is 323 g/mol. The first-order valence-electron chi connectivity index (χ1n) is 4.29. The van der Waals surface area contributed by atoms with Crippen molar-refractivity contribution in [2.24, 2.45) is 0 Å². The Morgan fingerprint density at radius 1 is 0.643 bits per heavy atom. The second-order valence-electron chi connectivity index (χ2n) is 2.65. The molecular weight excluding hydrogens is 309 g/mol. The van der Waals surface area contributed by atoms with Crippen LogP contribution in [0.1, 0.15) is 38.5 Å². The Labute approximate surface area is 116 Å². The first-order valence-corrected chi connectivity index (χ1v) is 6.87. The van der Waals surface area contributed by atoms with Crippen LogP contribution in [0.4, 0.5) is 0 Å². The molecule has 1 aliphatic rings. The lowest BCUT2D eigenvalue weighted by atomic mass is 10.0. The standard InChI is InChI=1S/C6H12.CCl4.CH2Cl2/c1-2-4-6-5-3-1;2-1(3,4)5;2-1-3/h1-6H2;;1H2. The fourth-order valence-corrected chi connectivity index (χ4v) is 1.06. The fraction of sp³-hybridized carbons (Fsp3) is 1.00. The molecule has 1 rings (SSSR count). The van der Waals surface area contributed by atoms with Gasteiger partial charge in [-0.25, -0.2) is 0 Å². The molecule has 0 atom stereocenters. The van der Waals surface area contributed by atoms with E-state index < -0.39 is 3.25 Å². The van der Waals surface area contributed by atoms with Crippen molar-refractivity contribution in [3.05, 3.63) is 0 Å². The van der Waals surface area contributed by atoms with E-state index in [1.54, 1.807) is 0 Å². The highest BCUT2D eigenvalue weighted by Gasteiger charge is 2.11. The van der Waals surface area contributed by atoms with Crippen LogP contribution >= 0.6 is 69.6 Å². The van der Waals surface area contributed by atoms with Gasteiger partial charge in [0.1, 0.15) is 0 Å². The molecule has 14 heavy (non-hydrogen) atoms. The fourth-order valence-electron chi connectivity index (χ4n) is 1.06. The zero-order valence-corrected chi connectivity index (χ0v) is 12.3. The lowest BCUT2D eigenvalue weighted by Gasteiger charge is -2.05. The summed E-state index contributed by atoms with van der Waals surface area (Å²) in [5.41, 5.74) is 0. The minimum Gasteiger partial charge on any atom is -0.109 e. The van der Waals surface area contributed by atoms with Crippen LogP contribution in [0.15, 0.2) is 0 Å². The minimum atomic E-state index is -1.61. The Hall–Kier alpha value is 1.74. The third-order valence-electron chi connectivity index (χ3n) is 1.50. The van der Waals surface area contributed by atoms with Crippen LogP contribution in [0.5, 0.6) is 0 Å². The average Bonchev–Trinajstić information content (AvgIpc) is 2.06. The van der Waals surface area contributed by atoms with Gasteiger partial charge in [0.25, 0.3) is 3.25 Å². The predicted molar refractivity (Wildman–Crippen MR) is 70.4 cm³/mol. The van der Waals surface area contributed by atoms with Crippen molar-refractivity contribution in [2.75, 3.05) is 5.34 Å². The number of halogens is 6. The maximum absolute atomic E-state index is 4.83. The van der Waals surface area contributed by atoms with E-state index in [2.05, 4.69) is 0 Å². The van der Waals surface area contributed by atoms with Gasteiger partial charge in [-0.2, -0.15) is 0 Å². The normalized spacial score (nSPS) is 15.9. The Bertz CT molecular complexity index is 79.0. The van der Waals surface area contributed by atoms with Gasteiger partial charge in [-0.1, -0.05) is 84.9 Å². The van der Waals surface area contributed by atoms with Crippen LogP contribution in [-0.4, -0.2) is 8.59 Å². The molecule has 0 bridgehead atoms. The van der Waals surface area contributed by atoms with Crippen LogP contribution in [0, 0.1) is 0 Å². The number of hydrogen-bond donors (Lipinski definition) is 0. The van der Waals surface area contributed by atoms with E-state index >= 15 is 0 Å². The molecule has 0 aromatic heterocycles. The van der Waals surface area contributed by atoms with Crippen molar-refractivity contribution in [1.29, 1.82) is 0 Å². The van der Waals surface area contributed by atoms with Gasteiger partial charge in [-0.05, 0) is 0 Å². The molecule has 0 heterocycles. The summed E-state index contributed by atoms with van der Waals surface area (Å²) in [6.45, 7) is 0. The zero-order chi connectivity index (χ0) is 11.4. The molecule has 0 aliphatic heterocycles. The number of hydrogen-bond acceptors (Lipinski definition) is 0. The highest BCUT2D eigenvalue weighted by atomic mass is 35.6. The van der Waals surface area contributed by atoms with Crippen molar-refractivity contribution in [3.8, 4) is 0 Å². The molecule has 0 amide bonds. The van der Waals surface area contributed by atoms with E-state index in [0.717, 1.165) is 0 Å². The highest BCUT2D eigenvalue weighted by Crippen LogP contribution is 2.29. The van der Waals surface area contributed by atoms with Gasteiger partial charge in [0.15, 0.2) is 0 Å². The lowest BCUT2D eigenvalue weighted by molar-refractivity contribution is 0.504. The Morgan fingerprint density at radius 3 is 0.786 bits per heavy atom. The largest absolute Gasteiger partial charge is 0.266 e.